The van der Waals surface area contributed by atoms with Crippen molar-refractivity contribution in [3.05, 3.63) is 0 Å². The first kappa shape index (κ1) is 12.2. The summed E-state index contributed by atoms with van der Waals surface area (Å²) < 4.78 is 32.7. The molecule has 2 rings (SSSR count). The van der Waals surface area contributed by atoms with Gasteiger partial charge >= 0.3 is 0 Å². The average molecular weight is 247 g/mol. The van der Waals surface area contributed by atoms with Crippen molar-refractivity contribution in [1.29, 1.82) is 0 Å². The van der Waals surface area contributed by atoms with E-state index in [4.69, 9.17) is 0 Å². The summed E-state index contributed by atoms with van der Waals surface area (Å²) in [4.78, 5) is 12.0. The number of hydrogen-bond acceptors (Lipinski definition) is 3. The molecule has 0 saturated heterocycles. The van der Waals surface area contributed by atoms with Gasteiger partial charge in [0.25, 0.3) is 0 Å². The van der Waals surface area contributed by atoms with E-state index >= 15 is 0 Å². The van der Waals surface area contributed by atoms with E-state index in [2.05, 4.69) is 0 Å². The molecule has 0 aromatic carbocycles. The molecule has 0 radical (unpaired) electrons. The highest BCUT2D eigenvalue weighted by Gasteiger charge is 2.65. The molecular formula is C11H19O4S-. The molecule has 2 aliphatic carbocycles. The van der Waals surface area contributed by atoms with Gasteiger partial charge < -0.3 is 9.11 Å². The van der Waals surface area contributed by atoms with Gasteiger partial charge in [-0.3, -0.25) is 9.00 Å². The van der Waals surface area contributed by atoms with Crippen LogP contribution in [0, 0.1) is 16.7 Å². The van der Waals surface area contributed by atoms with Gasteiger partial charge in [-0.1, -0.05) is 23.5 Å². The monoisotopic (exact) mass is 247 g/mol. The summed E-state index contributed by atoms with van der Waals surface area (Å²) in [6.07, 6.45) is 2.78. The van der Waals surface area contributed by atoms with E-state index in [-0.39, 0.29) is 17.1 Å². The summed E-state index contributed by atoms with van der Waals surface area (Å²) in [5.41, 5.74) is -1.16. The largest absolute Gasteiger partial charge is 0.770 e. The molecule has 2 aliphatic rings. The second kappa shape index (κ2) is 2.76. The number of hydrogen-bond donors (Lipinski definition) is 1. The Labute approximate surface area is 95.9 Å². The van der Waals surface area contributed by atoms with Crippen LogP contribution in [0.2, 0.25) is 0 Å². The summed E-state index contributed by atoms with van der Waals surface area (Å²) in [6.45, 7) is 3.91. The zero-order valence-corrected chi connectivity index (χ0v) is 10.8. The van der Waals surface area contributed by atoms with Gasteiger partial charge in [0.2, 0.25) is 0 Å². The molecule has 5 heteroatoms. The number of Topliss-reactive ketones (excluding diaryl/α,β-unsaturated/α-hetero) is 1. The maximum Gasteiger partial charge on any atom is 0.140 e. The number of fused-ring (bicyclic) bond motifs is 2. The summed E-state index contributed by atoms with van der Waals surface area (Å²) in [6, 6.07) is 0. The van der Waals surface area contributed by atoms with E-state index in [1.807, 2.05) is 13.8 Å². The third kappa shape index (κ3) is 1.57. The van der Waals surface area contributed by atoms with Crippen LogP contribution in [-0.4, -0.2) is 31.1 Å². The van der Waals surface area contributed by atoms with Crippen molar-refractivity contribution < 1.29 is 18.1 Å². The molecule has 2 saturated carbocycles. The number of sulfone groups is 1. The van der Waals surface area contributed by atoms with Crippen molar-refractivity contribution in [3.8, 4) is 0 Å². The van der Waals surface area contributed by atoms with Crippen molar-refractivity contribution in [3.63, 3.8) is 0 Å². The molecule has 2 fully saturated rings. The lowest BCUT2D eigenvalue weighted by molar-refractivity contribution is -0.128. The van der Waals surface area contributed by atoms with Crippen LogP contribution in [0.15, 0.2) is 0 Å². The molecule has 0 aromatic rings. The van der Waals surface area contributed by atoms with Crippen LogP contribution in [-0.2, 0) is 14.4 Å². The highest BCUT2D eigenvalue weighted by molar-refractivity contribution is 8.09. The molecule has 0 spiro atoms. The van der Waals surface area contributed by atoms with Gasteiger partial charge in [-0.25, -0.2) is 0 Å². The second-order valence-corrected chi connectivity index (χ2v) is 9.26. The summed E-state index contributed by atoms with van der Waals surface area (Å²) in [7, 11) is -4.86. The summed E-state index contributed by atoms with van der Waals surface area (Å²) in [5.74, 6) is -0.124. The zero-order valence-electron chi connectivity index (χ0n) is 9.99. The van der Waals surface area contributed by atoms with Crippen LogP contribution in [0.4, 0.5) is 0 Å². The smallest absolute Gasteiger partial charge is 0.140 e. The van der Waals surface area contributed by atoms with E-state index < -0.39 is 20.8 Å². The van der Waals surface area contributed by atoms with Crippen molar-refractivity contribution in [2.45, 2.75) is 33.1 Å². The quantitative estimate of drug-likeness (QED) is 0.800. The Morgan fingerprint density at radius 3 is 2.44 bits per heavy atom. The Hall–Kier alpha value is -0.260. The number of carbonyl (C=O) groups is 1. The summed E-state index contributed by atoms with van der Waals surface area (Å²) in [5, 5.41) is 0. The fourth-order valence-corrected chi connectivity index (χ4v) is 5.46. The first-order valence-corrected chi connectivity index (χ1v) is 8.01. The third-order valence-electron chi connectivity index (χ3n) is 4.71. The Morgan fingerprint density at radius 2 is 2.12 bits per heavy atom. The lowest BCUT2D eigenvalue weighted by atomic mass is 9.70. The van der Waals surface area contributed by atoms with E-state index in [1.165, 1.54) is 0 Å². The average Bonchev–Trinajstić information content (AvgIpc) is 2.32. The molecule has 16 heavy (non-hydrogen) atoms. The molecule has 2 atom stereocenters. The zero-order chi connectivity index (χ0) is 12.4. The van der Waals surface area contributed by atoms with Gasteiger partial charge in [-0.2, -0.15) is 0 Å². The highest BCUT2D eigenvalue weighted by Crippen LogP contribution is 2.65. The van der Waals surface area contributed by atoms with Crippen LogP contribution in [0.5, 0.6) is 0 Å². The van der Waals surface area contributed by atoms with Gasteiger partial charge in [0.15, 0.2) is 0 Å². The highest BCUT2D eigenvalue weighted by atomic mass is 32.3. The van der Waals surface area contributed by atoms with Gasteiger partial charge in [0.05, 0.1) is 0 Å². The molecule has 0 aromatic heterocycles. The fraction of sp³-hybridized carbons (Fsp3) is 0.909. The normalized spacial score (nSPS) is 39.7. The minimum atomic E-state index is -4.86. The molecule has 0 aliphatic heterocycles. The predicted octanol–water partition coefficient (Wildman–Crippen LogP) is 1.44. The molecule has 1 N–H and O–H groups in total. The summed E-state index contributed by atoms with van der Waals surface area (Å²) >= 11 is 0. The molecular weight excluding hydrogens is 228 g/mol. The molecule has 2 unspecified atom stereocenters. The van der Waals surface area contributed by atoms with Crippen LogP contribution in [0.1, 0.15) is 33.1 Å². The van der Waals surface area contributed by atoms with E-state index in [9.17, 15) is 18.1 Å². The topological polar surface area (TPSA) is 77.4 Å². The Bertz CT molecular complexity index is 409. The molecule has 4 nitrogen and oxygen atoms in total. The molecule has 94 valence electrons. The number of ketones is 1. The number of carbonyl (C=O) groups excluding carboxylic acids is 1. The first-order chi connectivity index (χ1) is 6.94. The van der Waals surface area contributed by atoms with Crippen LogP contribution in [0.3, 0.4) is 0 Å². The van der Waals surface area contributed by atoms with Crippen molar-refractivity contribution in [2.24, 2.45) is 16.7 Å². The van der Waals surface area contributed by atoms with Gasteiger partial charge in [-0.05, 0) is 24.2 Å². The third-order valence-corrected chi connectivity index (χ3v) is 5.86. The number of rotatable bonds is 2. The lowest BCUT2D eigenvalue weighted by Crippen LogP contribution is -2.50. The Morgan fingerprint density at radius 1 is 1.56 bits per heavy atom. The Kier molecular flexibility index (Phi) is 2.11. The lowest BCUT2D eigenvalue weighted by Gasteiger charge is -2.48. The van der Waals surface area contributed by atoms with Gasteiger partial charge in [0, 0.05) is 23.8 Å². The van der Waals surface area contributed by atoms with Crippen molar-refractivity contribution in [1.82, 2.24) is 0 Å². The maximum atomic E-state index is 12.0. The minimum absolute atomic E-state index is 0.0133. The second-order valence-electron chi connectivity index (χ2n) is 6.20. The van der Waals surface area contributed by atoms with E-state index in [0.29, 0.717) is 12.8 Å². The molecule has 0 amide bonds. The van der Waals surface area contributed by atoms with Gasteiger partial charge in [-0.15, -0.1) is 0 Å². The standard InChI is InChI=1S/C11H20O4S/c1-10(2)8-4-5-11(10,9(12)6-8)7-16(3,13,14)15/h8H,4-7H2,1-3H3,(H2,13,14,15)/p-1. The van der Waals surface area contributed by atoms with Crippen molar-refractivity contribution in [2.75, 3.05) is 12.0 Å². The first-order valence-electron chi connectivity index (χ1n) is 5.58. The van der Waals surface area contributed by atoms with Crippen LogP contribution in [0.25, 0.3) is 0 Å². The molecule has 0 heterocycles. The Balaban J connectivity index is 2.45. The predicted molar refractivity (Wildman–Crippen MR) is 60.9 cm³/mol. The van der Waals surface area contributed by atoms with Crippen LogP contribution >= 0.6 is 0 Å². The molecule has 2 bridgehead atoms. The SMILES string of the molecule is CC1(C)C2CCC1(CS(C)(=O)([O-])O)C(=O)C2. The van der Waals surface area contributed by atoms with E-state index in [1.54, 1.807) is 0 Å². The fourth-order valence-electron chi connectivity index (χ4n) is 3.67. The van der Waals surface area contributed by atoms with Crippen LogP contribution < -0.4 is 0 Å². The van der Waals surface area contributed by atoms with Crippen molar-refractivity contribution >= 4 is 15.4 Å². The minimum Gasteiger partial charge on any atom is -0.770 e. The van der Waals surface area contributed by atoms with Gasteiger partial charge in [0.1, 0.15) is 5.78 Å². The maximum absolute atomic E-state index is 12.0. The van der Waals surface area contributed by atoms with E-state index in [0.717, 1.165) is 12.7 Å².